The number of fused-ring (bicyclic) bond motifs is 1. The number of hydrogen-bond donors (Lipinski definition) is 1. The molecule has 0 aliphatic carbocycles. The van der Waals surface area contributed by atoms with Crippen LogP contribution in [0.5, 0.6) is 5.75 Å². The Hall–Kier alpha value is -7.04. The number of aromatic nitrogens is 3. The minimum Gasteiger partial charge on any atom is -0.507 e. The second kappa shape index (κ2) is 19.0. The van der Waals surface area contributed by atoms with Crippen molar-refractivity contribution >= 4 is 11.0 Å². The van der Waals surface area contributed by atoms with E-state index >= 15 is 0 Å². The van der Waals surface area contributed by atoms with Crippen LogP contribution in [0.1, 0.15) is 151 Å². The highest BCUT2D eigenvalue weighted by atomic mass is 16.3. The van der Waals surface area contributed by atoms with Crippen LogP contribution in [0.2, 0.25) is 0 Å². The molecular formula is C70H77N3O. The topological polar surface area (TPSA) is 50.9 Å². The van der Waals surface area contributed by atoms with Gasteiger partial charge in [0.25, 0.3) is 0 Å². The van der Waals surface area contributed by atoms with Crippen molar-refractivity contribution in [1.29, 1.82) is 0 Å². The molecule has 378 valence electrons. The number of phenolic OH excluding ortho intramolecular Hbond substituents is 1. The molecule has 0 amide bonds. The second-order valence-electron chi connectivity index (χ2n) is 25.0. The smallest absolute Gasteiger partial charge is 0.149 e. The fourth-order valence-electron chi connectivity index (χ4n) is 9.63. The summed E-state index contributed by atoms with van der Waals surface area (Å²) in [6, 6.07) is 37.0. The first-order valence-electron chi connectivity index (χ1n) is 30.7. The average Bonchev–Trinajstić information content (AvgIpc) is 1.83. The number of hydrogen-bond acceptors (Lipinski definition) is 3. The summed E-state index contributed by atoms with van der Waals surface area (Å²) in [5.41, 5.74) is 10.7. The first kappa shape index (κ1) is 40.4. The molecular weight excluding hydrogens is 899 g/mol. The molecule has 0 saturated carbocycles. The van der Waals surface area contributed by atoms with Crippen LogP contribution in [0.4, 0.5) is 0 Å². The zero-order valence-electron chi connectivity index (χ0n) is 55.9. The van der Waals surface area contributed by atoms with Crippen LogP contribution in [-0.2, 0) is 28.0 Å². The predicted octanol–water partition coefficient (Wildman–Crippen LogP) is 19.2. The number of nitrogens with zero attached hydrogens (tertiary/aromatic N) is 3. The standard InChI is InChI=1S/C70H77N3O/c1-44-35-45(43-66(2,3)4)25-31-55(44)48-28-26-46(27-29-48)49-33-34-71-60(39-49)51-36-50(37-53(38-51)68(8,9)10)56-23-20-24-62-63(56)72-65(58-41-54(69(11,12)13)42-59(64(58)74)70(14,15)16)73(62)61-32-30-52(67(5,6)7)40-57(61)47-21-18-17-19-22-47/h17-42,74H,43H2,1-16H3/i1D3,17D,18D,19D,21D,22D,43D2. The van der Waals surface area contributed by atoms with Gasteiger partial charge in [-0.2, -0.15) is 0 Å². The lowest BCUT2D eigenvalue weighted by molar-refractivity contribution is 0.411. The molecule has 4 heteroatoms. The number of imidazole rings is 1. The van der Waals surface area contributed by atoms with Gasteiger partial charge >= 0.3 is 0 Å². The molecule has 7 aromatic carbocycles. The van der Waals surface area contributed by atoms with E-state index < -0.39 is 47.6 Å². The van der Waals surface area contributed by atoms with Gasteiger partial charge in [0, 0.05) is 35.3 Å². The van der Waals surface area contributed by atoms with E-state index in [9.17, 15) is 7.85 Å². The summed E-state index contributed by atoms with van der Waals surface area (Å²) in [7, 11) is 0. The average molecular weight is 986 g/mol. The Bertz CT molecular complexity index is 4030. The summed E-state index contributed by atoms with van der Waals surface area (Å²) in [5, 5.41) is 12.7. The van der Waals surface area contributed by atoms with Gasteiger partial charge in [-0.1, -0.05) is 207 Å². The van der Waals surface area contributed by atoms with E-state index in [1.807, 2.05) is 83.4 Å². The number of pyridine rings is 1. The van der Waals surface area contributed by atoms with Crippen molar-refractivity contribution in [3.8, 4) is 78.6 Å². The van der Waals surface area contributed by atoms with Crippen molar-refractivity contribution in [3.05, 3.63) is 191 Å². The van der Waals surface area contributed by atoms with Crippen molar-refractivity contribution in [3.63, 3.8) is 0 Å². The van der Waals surface area contributed by atoms with Crippen molar-refractivity contribution in [1.82, 2.24) is 14.5 Å². The molecule has 4 nitrogen and oxygen atoms in total. The molecule has 2 heterocycles. The maximum Gasteiger partial charge on any atom is 0.149 e. The van der Waals surface area contributed by atoms with E-state index in [0.717, 1.165) is 55.8 Å². The quantitative estimate of drug-likeness (QED) is 0.165. The maximum atomic E-state index is 12.7. The fourth-order valence-corrected chi connectivity index (χ4v) is 9.63. The highest BCUT2D eigenvalue weighted by molar-refractivity contribution is 5.98. The van der Waals surface area contributed by atoms with Crippen LogP contribution in [0.25, 0.3) is 83.9 Å². The van der Waals surface area contributed by atoms with Gasteiger partial charge in [0.1, 0.15) is 11.6 Å². The predicted molar refractivity (Wildman–Crippen MR) is 316 cm³/mol. The minimum absolute atomic E-state index is 0.0539. The summed E-state index contributed by atoms with van der Waals surface area (Å²) in [4.78, 5) is 10.6. The van der Waals surface area contributed by atoms with Crippen LogP contribution >= 0.6 is 0 Å². The molecule has 0 aliphatic rings. The Labute approximate surface area is 456 Å². The number of phenols is 1. The molecule has 2 aromatic heterocycles. The third kappa shape index (κ3) is 10.7. The monoisotopic (exact) mass is 986 g/mol. The van der Waals surface area contributed by atoms with Gasteiger partial charge in [-0.3, -0.25) is 9.55 Å². The number of benzene rings is 7. The molecule has 0 fully saturated rings. The first-order chi connectivity index (χ1) is 38.7. The SMILES string of the molecule is [2H]c1c([2H])c([2H])c(-c2cc(C(C)(C)C)ccc2-n2c(-c3cc(C(C)(C)C)cc(C(C)(C)C)c3O)nc3c(-c4cc(-c5cc(-c6ccc(-c7ccc(C([2H])([2H])C(C)(C)C)cc7C([2H])([2H])[2H])cc6)ccn5)cc(C(C)(C)C)c4)cccc32)c([2H])c1[2H]. The van der Waals surface area contributed by atoms with Gasteiger partial charge in [0.15, 0.2) is 0 Å². The van der Waals surface area contributed by atoms with Gasteiger partial charge in [0.2, 0.25) is 0 Å². The molecule has 1 N–H and O–H groups in total. The Morgan fingerprint density at radius 1 is 0.527 bits per heavy atom. The number of rotatable bonds is 8. The number of para-hydroxylation sites is 1. The zero-order valence-corrected chi connectivity index (χ0v) is 45.9. The highest BCUT2D eigenvalue weighted by Crippen LogP contribution is 2.46. The first-order valence-corrected chi connectivity index (χ1v) is 25.7. The molecule has 74 heavy (non-hydrogen) atoms. The largest absolute Gasteiger partial charge is 0.507 e. The minimum atomic E-state index is -2.48. The molecule has 0 spiro atoms. The van der Waals surface area contributed by atoms with Crippen LogP contribution < -0.4 is 0 Å². The van der Waals surface area contributed by atoms with Gasteiger partial charge in [0.05, 0.1) is 34.8 Å². The van der Waals surface area contributed by atoms with E-state index in [-0.39, 0.29) is 39.8 Å². The molecule has 9 rings (SSSR count). The van der Waals surface area contributed by atoms with Crippen molar-refractivity contribution < 1.29 is 18.8 Å². The molecule has 0 radical (unpaired) electrons. The second-order valence-corrected chi connectivity index (χ2v) is 25.0. The van der Waals surface area contributed by atoms with Crippen molar-refractivity contribution in [2.75, 3.05) is 0 Å². The van der Waals surface area contributed by atoms with Gasteiger partial charge in [-0.25, -0.2) is 4.98 Å². The molecule has 0 bridgehead atoms. The van der Waals surface area contributed by atoms with Gasteiger partial charge in [-0.15, -0.1) is 0 Å². The van der Waals surface area contributed by atoms with E-state index in [1.165, 1.54) is 6.07 Å². The summed E-state index contributed by atoms with van der Waals surface area (Å²) in [6.45, 7) is 28.3. The molecule has 0 aliphatic heterocycles. The Morgan fingerprint density at radius 2 is 1.18 bits per heavy atom. The van der Waals surface area contributed by atoms with Crippen LogP contribution in [0.15, 0.2) is 158 Å². The Balaban J connectivity index is 1.27. The number of aryl methyl sites for hydroxylation is 1. The van der Waals surface area contributed by atoms with Crippen LogP contribution in [0.3, 0.4) is 0 Å². The Kier molecular flexibility index (Phi) is 10.4. The Morgan fingerprint density at radius 3 is 1.82 bits per heavy atom. The van der Waals surface area contributed by atoms with E-state index in [0.29, 0.717) is 50.4 Å². The fraction of sp³-hybridized carbons (Fsp3) is 0.314. The van der Waals surface area contributed by atoms with Crippen LogP contribution in [0, 0.1) is 12.3 Å². The van der Waals surface area contributed by atoms with Gasteiger partial charge in [-0.05, 0) is 150 Å². The molecule has 0 saturated heterocycles. The lowest BCUT2D eigenvalue weighted by Crippen LogP contribution is -2.17. The van der Waals surface area contributed by atoms with Crippen molar-refractivity contribution in [2.24, 2.45) is 5.41 Å². The maximum absolute atomic E-state index is 12.7. The lowest BCUT2D eigenvalue weighted by Gasteiger charge is -2.28. The third-order valence-corrected chi connectivity index (χ3v) is 13.8. The van der Waals surface area contributed by atoms with Crippen LogP contribution in [-0.4, -0.2) is 19.6 Å². The summed E-state index contributed by atoms with van der Waals surface area (Å²) in [6.07, 6.45) is 0.0161. The van der Waals surface area contributed by atoms with E-state index in [4.69, 9.17) is 20.9 Å². The molecule has 0 unspecified atom stereocenters. The van der Waals surface area contributed by atoms with E-state index in [2.05, 4.69) is 107 Å². The highest BCUT2D eigenvalue weighted by Gasteiger charge is 2.30. The summed E-state index contributed by atoms with van der Waals surface area (Å²) in [5.74, 6) is 0.476. The summed E-state index contributed by atoms with van der Waals surface area (Å²) >= 11 is 0. The summed E-state index contributed by atoms with van der Waals surface area (Å²) < 4.78 is 90.0. The molecule has 9 aromatic rings. The third-order valence-electron chi connectivity index (χ3n) is 13.8. The molecule has 0 atom stereocenters. The van der Waals surface area contributed by atoms with E-state index in [1.54, 1.807) is 39.1 Å². The normalized spacial score (nSPS) is 15.0. The van der Waals surface area contributed by atoms with Crippen molar-refractivity contribution in [2.45, 2.75) is 139 Å². The van der Waals surface area contributed by atoms with Gasteiger partial charge < -0.3 is 5.11 Å². The lowest BCUT2D eigenvalue weighted by atomic mass is 9.79. The zero-order chi connectivity index (χ0) is 61.9. The number of aromatic hydroxyl groups is 1.